The highest BCUT2D eigenvalue weighted by Crippen LogP contribution is 2.13. The van der Waals surface area contributed by atoms with Crippen molar-refractivity contribution < 1.29 is 28.6 Å². The van der Waals surface area contributed by atoms with Crippen molar-refractivity contribution in [2.24, 2.45) is 0 Å². The van der Waals surface area contributed by atoms with Crippen LogP contribution in [0.3, 0.4) is 0 Å². The second-order valence-electron chi connectivity index (χ2n) is 6.72. The molecular formula is C23H27N3O6S. The fourth-order valence-corrected chi connectivity index (χ4v) is 2.60. The van der Waals surface area contributed by atoms with Gasteiger partial charge in [-0.1, -0.05) is 13.3 Å². The van der Waals surface area contributed by atoms with Crippen LogP contribution < -0.4 is 25.6 Å². The summed E-state index contributed by atoms with van der Waals surface area (Å²) in [6.45, 7) is 4.41. The molecule has 2 aromatic rings. The number of hydrazine groups is 1. The Morgan fingerprint density at radius 3 is 2.06 bits per heavy atom. The third-order valence-electron chi connectivity index (χ3n) is 4.16. The zero-order valence-electron chi connectivity index (χ0n) is 18.5. The highest BCUT2D eigenvalue weighted by molar-refractivity contribution is 7.80. The molecule has 0 unspecified atom stereocenters. The van der Waals surface area contributed by atoms with E-state index in [1.54, 1.807) is 43.3 Å². The van der Waals surface area contributed by atoms with Gasteiger partial charge in [-0.15, -0.1) is 0 Å². The largest absolute Gasteiger partial charge is 0.494 e. The third-order valence-corrected chi connectivity index (χ3v) is 4.37. The van der Waals surface area contributed by atoms with E-state index in [2.05, 4.69) is 23.1 Å². The van der Waals surface area contributed by atoms with Crippen molar-refractivity contribution >= 4 is 35.1 Å². The van der Waals surface area contributed by atoms with Crippen LogP contribution in [0.5, 0.6) is 11.5 Å². The molecule has 0 aliphatic carbocycles. The Balaban J connectivity index is 1.70. The van der Waals surface area contributed by atoms with Crippen LogP contribution >= 0.6 is 12.2 Å². The number of amides is 2. The van der Waals surface area contributed by atoms with E-state index in [1.807, 2.05) is 0 Å². The zero-order valence-corrected chi connectivity index (χ0v) is 19.3. The molecule has 33 heavy (non-hydrogen) atoms. The van der Waals surface area contributed by atoms with Crippen LogP contribution in [0.25, 0.3) is 0 Å². The molecule has 176 valence electrons. The first-order valence-electron chi connectivity index (χ1n) is 10.5. The standard InChI is InChI=1S/C23H27N3O6S/c1-3-5-14-31-18-10-6-16(7-11-18)21(28)24-23(33)26-25-20(27)15-32-19-12-8-17(9-13-19)22(29)30-4-2/h6-13H,3-5,14-15H2,1-2H3,(H,25,27)(H2,24,26,28,33). The number of carbonyl (C=O) groups is 3. The molecule has 0 heterocycles. The number of unbranched alkanes of at least 4 members (excludes halogenated alkanes) is 1. The normalized spacial score (nSPS) is 10.0. The highest BCUT2D eigenvalue weighted by atomic mass is 32.1. The van der Waals surface area contributed by atoms with E-state index in [0.717, 1.165) is 12.8 Å². The summed E-state index contributed by atoms with van der Waals surface area (Å²) in [6.07, 6.45) is 2.00. The van der Waals surface area contributed by atoms with Gasteiger partial charge in [0.05, 0.1) is 18.8 Å². The van der Waals surface area contributed by atoms with Gasteiger partial charge in [0, 0.05) is 5.56 Å². The Kier molecular flexibility index (Phi) is 10.6. The molecule has 10 heteroatoms. The Labute approximate surface area is 197 Å². The van der Waals surface area contributed by atoms with E-state index in [1.165, 1.54) is 12.1 Å². The molecule has 0 bridgehead atoms. The number of carbonyl (C=O) groups excluding carboxylic acids is 3. The minimum absolute atomic E-state index is 0.0737. The average molecular weight is 474 g/mol. The van der Waals surface area contributed by atoms with Gasteiger partial charge in [-0.25, -0.2) is 4.79 Å². The van der Waals surface area contributed by atoms with E-state index in [-0.39, 0.29) is 18.3 Å². The van der Waals surface area contributed by atoms with Crippen molar-refractivity contribution in [3.63, 3.8) is 0 Å². The van der Waals surface area contributed by atoms with Gasteiger partial charge in [0.15, 0.2) is 11.7 Å². The lowest BCUT2D eigenvalue weighted by Crippen LogP contribution is -2.49. The topological polar surface area (TPSA) is 115 Å². The molecule has 0 saturated heterocycles. The number of benzene rings is 2. The van der Waals surface area contributed by atoms with Gasteiger partial charge in [0.2, 0.25) is 0 Å². The number of thiocarbonyl (C=S) groups is 1. The van der Waals surface area contributed by atoms with Crippen molar-refractivity contribution in [2.75, 3.05) is 19.8 Å². The van der Waals surface area contributed by atoms with E-state index in [9.17, 15) is 14.4 Å². The van der Waals surface area contributed by atoms with E-state index in [4.69, 9.17) is 26.4 Å². The number of nitrogens with one attached hydrogen (secondary N) is 3. The second-order valence-corrected chi connectivity index (χ2v) is 7.12. The summed E-state index contributed by atoms with van der Waals surface area (Å²) >= 11 is 5.02. The highest BCUT2D eigenvalue weighted by Gasteiger charge is 2.10. The molecule has 2 aromatic carbocycles. The quantitative estimate of drug-likeness (QED) is 0.209. The van der Waals surface area contributed by atoms with Gasteiger partial charge in [-0.05, 0) is 74.1 Å². The maximum atomic E-state index is 12.2. The average Bonchev–Trinajstić information content (AvgIpc) is 2.82. The van der Waals surface area contributed by atoms with Crippen LogP contribution in [0.1, 0.15) is 47.4 Å². The Hall–Kier alpha value is -3.66. The first kappa shape index (κ1) is 25.6. The molecule has 0 spiro atoms. The lowest BCUT2D eigenvalue weighted by atomic mass is 10.2. The molecule has 0 fully saturated rings. The summed E-state index contributed by atoms with van der Waals surface area (Å²) in [5.41, 5.74) is 5.54. The molecule has 0 atom stereocenters. The van der Waals surface area contributed by atoms with E-state index in [0.29, 0.717) is 29.2 Å². The molecule has 2 amide bonds. The summed E-state index contributed by atoms with van der Waals surface area (Å²) < 4.78 is 15.8. The fraction of sp³-hybridized carbons (Fsp3) is 0.304. The number of ether oxygens (including phenoxy) is 3. The van der Waals surface area contributed by atoms with E-state index >= 15 is 0 Å². The van der Waals surface area contributed by atoms with Gasteiger partial charge in [-0.3, -0.25) is 25.8 Å². The maximum absolute atomic E-state index is 12.2. The summed E-state index contributed by atoms with van der Waals surface area (Å²) in [5.74, 6) is -0.299. The molecule has 0 radical (unpaired) electrons. The molecule has 3 N–H and O–H groups in total. The Morgan fingerprint density at radius 2 is 1.45 bits per heavy atom. The van der Waals surface area contributed by atoms with Gasteiger partial charge in [0.25, 0.3) is 11.8 Å². The van der Waals surface area contributed by atoms with Crippen LogP contribution in [-0.2, 0) is 9.53 Å². The molecule has 0 aromatic heterocycles. The lowest BCUT2D eigenvalue weighted by Gasteiger charge is -2.12. The monoisotopic (exact) mass is 473 g/mol. The summed E-state index contributed by atoms with van der Waals surface area (Å²) in [6, 6.07) is 12.8. The predicted octanol–water partition coefficient (Wildman–Crippen LogP) is 2.76. The Morgan fingerprint density at radius 1 is 0.848 bits per heavy atom. The van der Waals surface area contributed by atoms with E-state index < -0.39 is 17.8 Å². The van der Waals surface area contributed by atoms with Crippen molar-refractivity contribution in [1.29, 1.82) is 0 Å². The van der Waals surface area contributed by atoms with Crippen molar-refractivity contribution in [3.8, 4) is 11.5 Å². The van der Waals surface area contributed by atoms with Gasteiger partial charge >= 0.3 is 5.97 Å². The van der Waals surface area contributed by atoms with Crippen LogP contribution in [-0.4, -0.2) is 42.7 Å². The summed E-state index contributed by atoms with van der Waals surface area (Å²) in [7, 11) is 0. The molecule has 0 saturated carbocycles. The van der Waals surface area contributed by atoms with Crippen LogP contribution in [0.15, 0.2) is 48.5 Å². The predicted molar refractivity (Wildman–Crippen MR) is 126 cm³/mol. The molecule has 0 aliphatic rings. The maximum Gasteiger partial charge on any atom is 0.338 e. The molecular weight excluding hydrogens is 446 g/mol. The summed E-state index contributed by atoms with van der Waals surface area (Å²) in [5, 5.41) is 2.39. The van der Waals surface area contributed by atoms with Crippen LogP contribution in [0.4, 0.5) is 0 Å². The molecule has 0 aliphatic heterocycles. The van der Waals surface area contributed by atoms with Crippen molar-refractivity contribution in [1.82, 2.24) is 16.2 Å². The summed E-state index contributed by atoms with van der Waals surface area (Å²) in [4.78, 5) is 35.8. The number of hydrogen-bond donors (Lipinski definition) is 3. The Bertz CT molecular complexity index is 948. The lowest BCUT2D eigenvalue weighted by molar-refractivity contribution is -0.123. The fourth-order valence-electron chi connectivity index (χ4n) is 2.46. The minimum Gasteiger partial charge on any atom is -0.494 e. The molecule has 9 nitrogen and oxygen atoms in total. The van der Waals surface area contributed by atoms with Gasteiger partial charge in [0.1, 0.15) is 11.5 Å². The minimum atomic E-state index is -0.519. The zero-order chi connectivity index (χ0) is 24.1. The first-order valence-corrected chi connectivity index (χ1v) is 10.9. The number of esters is 1. The van der Waals surface area contributed by atoms with Gasteiger partial charge < -0.3 is 14.2 Å². The number of rotatable bonds is 10. The molecule has 2 rings (SSSR count). The SMILES string of the molecule is CCCCOc1ccc(C(=O)NC(=S)NNC(=O)COc2ccc(C(=O)OCC)cc2)cc1. The van der Waals surface area contributed by atoms with Crippen LogP contribution in [0.2, 0.25) is 0 Å². The first-order chi connectivity index (χ1) is 15.9. The van der Waals surface area contributed by atoms with Gasteiger partial charge in [-0.2, -0.15) is 0 Å². The van der Waals surface area contributed by atoms with Crippen molar-refractivity contribution in [2.45, 2.75) is 26.7 Å². The smallest absolute Gasteiger partial charge is 0.338 e. The second kappa shape index (κ2) is 13.7. The third kappa shape index (κ3) is 9.16. The van der Waals surface area contributed by atoms with Crippen molar-refractivity contribution in [3.05, 3.63) is 59.7 Å². The van der Waals surface area contributed by atoms with Crippen LogP contribution in [0, 0.1) is 0 Å². The number of hydrogen-bond acceptors (Lipinski definition) is 7.